The molecule has 14 heteroatoms. The fourth-order valence-corrected chi connectivity index (χ4v) is 6.88. The third-order valence-electron chi connectivity index (χ3n) is 5.86. The number of likely N-dealkylation sites (tertiary alicyclic amines) is 1. The van der Waals surface area contributed by atoms with E-state index < -0.39 is 53.4 Å². The maximum Gasteiger partial charge on any atom is 0.417 e. The molecule has 1 amide bonds. The highest BCUT2D eigenvalue weighted by atomic mass is 32.2. The Labute approximate surface area is 212 Å². The fraction of sp³-hybridized carbons (Fsp3) is 0.391. The molecule has 1 heterocycles. The molecule has 0 saturated carbocycles. The van der Waals surface area contributed by atoms with Crippen LogP contribution in [0.3, 0.4) is 0 Å². The molecular formula is C23H25F3N2O7S2. The van der Waals surface area contributed by atoms with Crippen molar-refractivity contribution in [2.24, 2.45) is 0 Å². The average Bonchev–Trinajstić information content (AvgIpc) is 2.83. The highest BCUT2D eigenvalue weighted by Gasteiger charge is 2.39. The molecule has 0 unspecified atom stereocenters. The number of carboxylic acid groups (broad SMARTS) is 1. The van der Waals surface area contributed by atoms with Gasteiger partial charge < -0.3 is 10.0 Å². The summed E-state index contributed by atoms with van der Waals surface area (Å²) in [6.45, 7) is 0.265. The Morgan fingerprint density at radius 2 is 1.57 bits per heavy atom. The van der Waals surface area contributed by atoms with Gasteiger partial charge in [0.25, 0.3) is 0 Å². The van der Waals surface area contributed by atoms with Gasteiger partial charge in [-0.15, -0.1) is 0 Å². The molecule has 37 heavy (non-hydrogen) atoms. The van der Waals surface area contributed by atoms with Crippen LogP contribution in [0.1, 0.15) is 37.7 Å². The summed E-state index contributed by atoms with van der Waals surface area (Å²) in [6.07, 6.45) is -4.82. The van der Waals surface area contributed by atoms with Gasteiger partial charge in [0.05, 0.1) is 20.2 Å². The van der Waals surface area contributed by atoms with E-state index in [2.05, 4.69) is 4.72 Å². The van der Waals surface area contributed by atoms with Crippen LogP contribution in [0.25, 0.3) is 0 Å². The van der Waals surface area contributed by atoms with Gasteiger partial charge in [-0.3, -0.25) is 9.59 Å². The lowest BCUT2D eigenvalue weighted by molar-refractivity contribution is -0.140. The Bertz CT molecular complexity index is 1350. The molecule has 2 N–H and O–H groups in total. The van der Waals surface area contributed by atoms with Crippen molar-refractivity contribution in [1.82, 2.24) is 9.62 Å². The third kappa shape index (κ3) is 7.08. The summed E-state index contributed by atoms with van der Waals surface area (Å²) in [5.74, 6) is -1.32. The number of amides is 1. The van der Waals surface area contributed by atoms with E-state index in [0.29, 0.717) is 12.1 Å². The molecule has 0 radical (unpaired) electrons. The minimum Gasteiger partial charge on any atom is -0.481 e. The van der Waals surface area contributed by atoms with Crippen molar-refractivity contribution in [3.05, 3.63) is 54.1 Å². The minimum atomic E-state index is -5.06. The second-order valence-corrected chi connectivity index (χ2v) is 12.1. The molecule has 0 spiro atoms. The highest BCUT2D eigenvalue weighted by molar-refractivity contribution is 7.91. The number of carbonyl (C=O) groups is 2. The van der Waals surface area contributed by atoms with Crippen molar-refractivity contribution in [1.29, 1.82) is 0 Å². The Hall–Kier alpha value is -2.97. The SMILES string of the molecule is O=C(O)CCCC(=O)N1CCC(NS(=O)(=O)c2cc(S(=O)(=O)c3ccccc3)ccc2C(F)(F)F)CC1. The molecule has 1 aliphatic heterocycles. The van der Waals surface area contributed by atoms with E-state index in [4.69, 9.17) is 5.11 Å². The molecule has 1 fully saturated rings. The largest absolute Gasteiger partial charge is 0.481 e. The number of alkyl halides is 3. The van der Waals surface area contributed by atoms with Crippen LogP contribution >= 0.6 is 0 Å². The number of carbonyl (C=O) groups excluding carboxylic acids is 1. The van der Waals surface area contributed by atoms with E-state index in [9.17, 15) is 39.6 Å². The van der Waals surface area contributed by atoms with Crippen LogP contribution in [-0.4, -0.2) is 57.8 Å². The topological polar surface area (TPSA) is 138 Å². The molecule has 9 nitrogen and oxygen atoms in total. The van der Waals surface area contributed by atoms with Crippen molar-refractivity contribution in [2.75, 3.05) is 13.1 Å². The van der Waals surface area contributed by atoms with Crippen LogP contribution in [0.4, 0.5) is 13.2 Å². The van der Waals surface area contributed by atoms with E-state index in [1.165, 1.54) is 29.2 Å². The first-order chi connectivity index (χ1) is 17.2. The van der Waals surface area contributed by atoms with Crippen molar-refractivity contribution in [2.45, 2.75) is 59.0 Å². The first kappa shape index (κ1) is 28.6. The normalized spacial score (nSPS) is 15.5. The number of rotatable bonds is 9. The van der Waals surface area contributed by atoms with Crippen LogP contribution < -0.4 is 4.72 Å². The number of halogens is 3. The number of aliphatic carboxylic acids is 1. The molecule has 1 aliphatic rings. The standard InChI is InChI=1S/C23H25F3N2O7S2/c24-23(25,26)19-10-9-18(36(32,33)17-5-2-1-3-6-17)15-20(19)37(34,35)27-16-11-13-28(14-12-16)21(29)7-4-8-22(30)31/h1-3,5-6,9-10,15-16,27H,4,7-8,11-14H2,(H,30,31). The second-order valence-electron chi connectivity index (χ2n) is 8.50. The first-order valence-corrected chi connectivity index (χ1v) is 14.2. The summed E-state index contributed by atoms with van der Waals surface area (Å²) in [5.41, 5.74) is -1.50. The number of hydrogen-bond acceptors (Lipinski definition) is 6. The quantitative estimate of drug-likeness (QED) is 0.479. The minimum absolute atomic E-state index is 0.0142. The second kappa shape index (κ2) is 11.2. The zero-order valence-corrected chi connectivity index (χ0v) is 21.1. The van der Waals surface area contributed by atoms with E-state index in [1.54, 1.807) is 6.07 Å². The maximum absolute atomic E-state index is 13.7. The Morgan fingerprint density at radius 1 is 0.946 bits per heavy atom. The van der Waals surface area contributed by atoms with Gasteiger partial charge in [0, 0.05) is 32.0 Å². The predicted molar refractivity (Wildman–Crippen MR) is 125 cm³/mol. The monoisotopic (exact) mass is 562 g/mol. The Balaban J connectivity index is 1.81. The maximum atomic E-state index is 13.7. The van der Waals surface area contributed by atoms with Gasteiger partial charge in [-0.05, 0) is 49.6 Å². The van der Waals surface area contributed by atoms with Crippen molar-refractivity contribution >= 4 is 31.7 Å². The number of sulfonamides is 1. The molecule has 0 aliphatic carbocycles. The van der Waals surface area contributed by atoms with Crippen LogP contribution in [0, 0.1) is 0 Å². The summed E-state index contributed by atoms with van der Waals surface area (Å²) < 4.78 is 95.2. The molecule has 202 valence electrons. The molecule has 1 saturated heterocycles. The lowest BCUT2D eigenvalue weighted by atomic mass is 10.1. The average molecular weight is 563 g/mol. The van der Waals surface area contributed by atoms with Gasteiger partial charge in [-0.2, -0.15) is 13.2 Å². The zero-order valence-electron chi connectivity index (χ0n) is 19.4. The predicted octanol–water partition coefficient (Wildman–Crippen LogP) is 3.06. The van der Waals surface area contributed by atoms with Gasteiger partial charge in [0.15, 0.2) is 0 Å². The lowest BCUT2D eigenvalue weighted by Gasteiger charge is -2.32. The highest BCUT2D eigenvalue weighted by Crippen LogP contribution is 2.36. The van der Waals surface area contributed by atoms with E-state index in [1.807, 2.05) is 0 Å². The van der Waals surface area contributed by atoms with E-state index in [0.717, 1.165) is 6.07 Å². The third-order valence-corrected chi connectivity index (χ3v) is 9.19. The Kier molecular flexibility index (Phi) is 8.65. The molecule has 3 rings (SSSR count). The molecule has 0 atom stereocenters. The van der Waals surface area contributed by atoms with Gasteiger partial charge in [-0.25, -0.2) is 21.6 Å². The van der Waals surface area contributed by atoms with Gasteiger partial charge in [-0.1, -0.05) is 18.2 Å². The number of sulfone groups is 1. The smallest absolute Gasteiger partial charge is 0.417 e. The molecule has 0 bridgehead atoms. The van der Waals surface area contributed by atoms with Gasteiger partial charge in [0.1, 0.15) is 0 Å². The number of carboxylic acids is 1. The van der Waals surface area contributed by atoms with E-state index in [-0.39, 0.29) is 56.0 Å². The van der Waals surface area contributed by atoms with Crippen molar-refractivity contribution in [3.63, 3.8) is 0 Å². The van der Waals surface area contributed by atoms with Gasteiger partial charge >= 0.3 is 12.1 Å². The summed E-state index contributed by atoms with van der Waals surface area (Å²) in [6, 6.07) is 7.78. The van der Waals surface area contributed by atoms with Crippen molar-refractivity contribution in [3.8, 4) is 0 Å². The number of nitrogens with one attached hydrogen (secondary N) is 1. The first-order valence-electron chi connectivity index (χ1n) is 11.2. The van der Waals surface area contributed by atoms with Crippen LogP contribution in [-0.2, 0) is 35.6 Å². The van der Waals surface area contributed by atoms with Gasteiger partial charge in [0.2, 0.25) is 25.8 Å². The summed E-state index contributed by atoms with van der Waals surface area (Å²) in [7, 11) is -9.09. The molecule has 0 aromatic heterocycles. The number of benzene rings is 2. The van der Waals surface area contributed by atoms with Crippen LogP contribution in [0.2, 0.25) is 0 Å². The Morgan fingerprint density at radius 3 is 2.14 bits per heavy atom. The summed E-state index contributed by atoms with van der Waals surface area (Å²) >= 11 is 0. The molecular weight excluding hydrogens is 537 g/mol. The van der Waals surface area contributed by atoms with Crippen LogP contribution in [0.15, 0.2) is 63.2 Å². The number of hydrogen-bond donors (Lipinski definition) is 2. The van der Waals surface area contributed by atoms with E-state index >= 15 is 0 Å². The fourth-order valence-electron chi connectivity index (χ4n) is 3.94. The number of nitrogens with zero attached hydrogens (tertiary/aromatic N) is 1. The van der Waals surface area contributed by atoms with Crippen LogP contribution in [0.5, 0.6) is 0 Å². The molecule has 2 aromatic carbocycles. The summed E-state index contributed by atoms with van der Waals surface area (Å²) in [5, 5.41) is 8.67. The summed E-state index contributed by atoms with van der Waals surface area (Å²) in [4.78, 5) is 22.2. The number of piperidine rings is 1. The lowest BCUT2D eigenvalue weighted by Crippen LogP contribution is -2.46. The van der Waals surface area contributed by atoms with Crippen molar-refractivity contribution < 1.29 is 44.7 Å². The zero-order chi connectivity index (χ0) is 27.4. The molecule has 2 aromatic rings.